The van der Waals surface area contributed by atoms with Gasteiger partial charge >= 0.3 is 22.4 Å². The van der Waals surface area contributed by atoms with Crippen molar-refractivity contribution in [1.29, 1.82) is 0 Å². The van der Waals surface area contributed by atoms with Gasteiger partial charge in [-0.25, -0.2) is 4.98 Å². The molecule has 3 aromatic carbocycles. The van der Waals surface area contributed by atoms with E-state index in [1.54, 1.807) is 62.4 Å². The van der Waals surface area contributed by atoms with Crippen LogP contribution < -0.4 is 9.04 Å². The molecule has 0 atom stereocenters. The lowest BCUT2D eigenvalue weighted by Gasteiger charge is -2.28. The molecule has 0 N–H and O–H groups in total. The first-order valence-electron chi connectivity index (χ1n) is 13.3. The van der Waals surface area contributed by atoms with E-state index in [-0.39, 0.29) is 25.6 Å². The SMILES string of the molecule is CCOC(=O)CN(Cc1ccc(OCc2nc(-c3ccc(C(F)(F)F)cc3)oc2C)cc1)S(=O)(=O)N(C)c1ccc(Cl)cc1. The minimum absolute atomic E-state index is 0.0184. The van der Waals surface area contributed by atoms with Crippen molar-refractivity contribution < 1.29 is 40.3 Å². The van der Waals surface area contributed by atoms with Crippen LogP contribution >= 0.6 is 11.6 Å². The summed E-state index contributed by atoms with van der Waals surface area (Å²) in [6, 6.07) is 17.3. The lowest BCUT2D eigenvalue weighted by Crippen LogP contribution is -2.44. The number of ether oxygens (including phenoxy) is 2. The monoisotopic (exact) mass is 651 g/mol. The van der Waals surface area contributed by atoms with Crippen LogP contribution in [-0.4, -0.2) is 43.9 Å². The highest BCUT2D eigenvalue weighted by Gasteiger charge is 2.31. The van der Waals surface area contributed by atoms with Gasteiger partial charge in [-0.15, -0.1) is 0 Å². The van der Waals surface area contributed by atoms with Gasteiger partial charge in [0, 0.05) is 24.2 Å². The third kappa shape index (κ3) is 8.10. The van der Waals surface area contributed by atoms with Crippen molar-refractivity contribution >= 4 is 33.5 Å². The number of carbonyl (C=O) groups is 1. The van der Waals surface area contributed by atoms with Crippen LogP contribution in [0.2, 0.25) is 5.02 Å². The second-order valence-corrected chi connectivity index (χ2v) is 12.0. The number of halogens is 4. The zero-order valence-corrected chi connectivity index (χ0v) is 25.5. The number of hydrogen-bond donors (Lipinski definition) is 0. The van der Waals surface area contributed by atoms with Crippen LogP contribution in [0.15, 0.2) is 77.2 Å². The van der Waals surface area contributed by atoms with Gasteiger partial charge in [0.05, 0.1) is 17.9 Å². The Balaban J connectivity index is 1.44. The molecule has 1 aromatic heterocycles. The number of aromatic nitrogens is 1. The van der Waals surface area contributed by atoms with Crippen LogP contribution in [0.5, 0.6) is 5.75 Å². The van der Waals surface area contributed by atoms with Gasteiger partial charge < -0.3 is 13.9 Å². The minimum Gasteiger partial charge on any atom is -0.487 e. The first kappa shape index (κ1) is 32.8. The number of anilines is 1. The van der Waals surface area contributed by atoms with Gasteiger partial charge in [0.2, 0.25) is 5.89 Å². The molecule has 4 rings (SSSR count). The van der Waals surface area contributed by atoms with Crippen LogP contribution in [0.25, 0.3) is 11.5 Å². The molecule has 0 saturated heterocycles. The summed E-state index contributed by atoms with van der Waals surface area (Å²) in [5.74, 6) is 0.363. The third-order valence-corrected chi connectivity index (χ3v) is 8.55. The summed E-state index contributed by atoms with van der Waals surface area (Å²) >= 11 is 5.94. The van der Waals surface area contributed by atoms with Gasteiger partial charge in [0.25, 0.3) is 0 Å². The van der Waals surface area contributed by atoms with Crippen molar-refractivity contribution in [3.63, 3.8) is 0 Å². The predicted molar refractivity (Wildman–Crippen MR) is 158 cm³/mol. The number of benzene rings is 3. The van der Waals surface area contributed by atoms with Crippen molar-refractivity contribution in [3.8, 4) is 17.2 Å². The van der Waals surface area contributed by atoms with Gasteiger partial charge in [-0.2, -0.15) is 25.9 Å². The Morgan fingerprint density at radius 3 is 2.23 bits per heavy atom. The highest BCUT2D eigenvalue weighted by atomic mass is 35.5. The van der Waals surface area contributed by atoms with E-state index in [1.165, 1.54) is 19.2 Å². The van der Waals surface area contributed by atoms with E-state index in [4.69, 9.17) is 25.5 Å². The van der Waals surface area contributed by atoms with Gasteiger partial charge in [-0.05, 0) is 80.1 Å². The van der Waals surface area contributed by atoms with E-state index in [2.05, 4.69) is 4.98 Å². The standard InChI is InChI=1S/C30H29ClF3N3O6S/c1-4-41-28(38)18-37(44(39,40)36(3)25-13-11-24(31)12-14-25)17-21-5-15-26(16-6-21)42-19-27-20(2)43-29(35-27)22-7-9-23(10-8-22)30(32,33)34/h5-16H,4,17-19H2,1-3H3. The van der Waals surface area contributed by atoms with Crippen LogP contribution in [0, 0.1) is 6.92 Å². The fourth-order valence-electron chi connectivity index (χ4n) is 4.06. The van der Waals surface area contributed by atoms with E-state index < -0.39 is 34.5 Å². The summed E-state index contributed by atoms with van der Waals surface area (Å²) in [6.45, 7) is 2.79. The first-order valence-corrected chi connectivity index (χ1v) is 15.1. The molecule has 0 aliphatic heterocycles. The molecule has 0 saturated carbocycles. The molecule has 0 unspecified atom stereocenters. The van der Waals surface area contributed by atoms with Crippen molar-refractivity contribution in [2.24, 2.45) is 0 Å². The quantitative estimate of drug-likeness (QED) is 0.158. The Labute approximate surface area is 258 Å². The zero-order valence-electron chi connectivity index (χ0n) is 24.0. The number of nitrogens with zero attached hydrogens (tertiary/aromatic N) is 3. The van der Waals surface area contributed by atoms with Gasteiger partial charge in [0.15, 0.2) is 0 Å². The number of oxazole rings is 1. The molecule has 44 heavy (non-hydrogen) atoms. The average molecular weight is 652 g/mol. The Morgan fingerprint density at radius 1 is 1.00 bits per heavy atom. The second-order valence-electron chi connectivity index (χ2n) is 9.55. The third-order valence-electron chi connectivity index (χ3n) is 6.48. The normalized spacial score (nSPS) is 11.9. The highest BCUT2D eigenvalue weighted by molar-refractivity contribution is 7.90. The Kier molecular flexibility index (Phi) is 10.2. The lowest BCUT2D eigenvalue weighted by atomic mass is 10.1. The fraction of sp³-hybridized carbons (Fsp3) is 0.267. The largest absolute Gasteiger partial charge is 0.487 e. The van der Waals surface area contributed by atoms with E-state index in [9.17, 15) is 26.4 Å². The molecule has 0 radical (unpaired) electrons. The highest BCUT2D eigenvalue weighted by Crippen LogP contribution is 2.31. The van der Waals surface area contributed by atoms with E-state index in [0.717, 1.165) is 20.7 Å². The number of rotatable bonds is 12. The number of esters is 1. The van der Waals surface area contributed by atoms with Crippen molar-refractivity contribution in [2.45, 2.75) is 33.2 Å². The average Bonchev–Trinajstić information content (AvgIpc) is 3.36. The van der Waals surface area contributed by atoms with E-state index >= 15 is 0 Å². The zero-order chi connectivity index (χ0) is 32.1. The molecule has 4 aromatic rings. The smallest absolute Gasteiger partial charge is 0.416 e. The van der Waals surface area contributed by atoms with E-state index in [0.29, 0.717) is 39.0 Å². The Hall–Kier alpha value is -4.07. The summed E-state index contributed by atoms with van der Waals surface area (Å²) in [5, 5.41) is 0.448. The first-order chi connectivity index (χ1) is 20.8. The van der Waals surface area contributed by atoms with Gasteiger partial charge in [0.1, 0.15) is 30.4 Å². The summed E-state index contributed by atoms with van der Waals surface area (Å²) in [6.07, 6.45) is -4.44. The fourth-order valence-corrected chi connectivity index (χ4v) is 5.50. The predicted octanol–water partition coefficient (Wildman–Crippen LogP) is 6.65. The molecule has 9 nitrogen and oxygen atoms in total. The van der Waals surface area contributed by atoms with Crippen molar-refractivity contribution in [2.75, 3.05) is 24.5 Å². The van der Waals surface area contributed by atoms with Gasteiger partial charge in [-0.1, -0.05) is 23.7 Å². The lowest BCUT2D eigenvalue weighted by molar-refractivity contribution is -0.143. The van der Waals surface area contributed by atoms with Crippen molar-refractivity contribution in [1.82, 2.24) is 9.29 Å². The van der Waals surface area contributed by atoms with Crippen LogP contribution in [-0.2, 0) is 39.1 Å². The van der Waals surface area contributed by atoms with E-state index in [1.807, 2.05) is 0 Å². The summed E-state index contributed by atoms with van der Waals surface area (Å²) in [5.41, 5.74) is 1.02. The summed E-state index contributed by atoms with van der Waals surface area (Å²) in [4.78, 5) is 16.7. The molecule has 0 aliphatic rings. The molecular weight excluding hydrogens is 623 g/mol. The van der Waals surface area contributed by atoms with Gasteiger partial charge in [-0.3, -0.25) is 9.10 Å². The topological polar surface area (TPSA) is 102 Å². The molecule has 0 aliphatic carbocycles. The maximum Gasteiger partial charge on any atom is 0.416 e. The molecule has 14 heteroatoms. The molecule has 234 valence electrons. The molecule has 0 fully saturated rings. The maximum atomic E-state index is 13.5. The number of alkyl halides is 3. The Morgan fingerprint density at radius 2 is 1.64 bits per heavy atom. The molecule has 0 bridgehead atoms. The summed E-state index contributed by atoms with van der Waals surface area (Å²) < 4.78 is 84.1. The second kappa shape index (κ2) is 13.7. The molecular formula is C30H29ClF3N3O6S. The number of hydrogen-bond acceptors (Lipinski definition) is 7. The van der Waals surface area contributed by atoms with Crippen LogP contribution in [0.1, 0.15) is 29.5 Å². The Bertz CT molecular complexity index is 1680. The number of aryl methyl sites for hydroxylation is 1. The number of carbonyl (C=O) groups excluding carboxylic acids is 1. The summed E-state index contributed by atoms with van der Waals surface area (Å²) in [7, 11) is -2.78. The van der Waals surface area contributed by atoms with Crippen molar-refractivity contribution in [3.05, 3.63) is 100 Å². The molecule has 0 amide bonds. The molecule has 0 spiro atoms. The minimum atomic E-state index is -4.44. The maximum absolute atomic E-state index is 13.5. The van der Waals surface area contributed by atoms with Crippen LogP contribution in [0.4, 0.5) is 18.9 Å². The van der Waals surface area contributed by atoms with Crippen LogP contribution in [0.3, 0.4) is 0 Å². The molecule has 1 heterocycles.